The maximum absolute atomic E-state index is 15.2. The van der Waals surface area contributed by atoms with Gasteiger partial charge >= 0.3 is 18.0 Å². The van der Waals surface area contributed by atoms with Crippen LogP contribution in [0.4, 0.5) is 4.79 Å². The van der Waals surface area contributed by atoms with Crippen molar-refractivity contribution in [3.63, 3.8) is 0 Å². The molecule has 4 aromatic carbocycles. The molecule has 7 atom stereocenters. The number of esters is 2. The molecule has 108 heavy (non-hydrogen) atoms. The molecule has 0 spiro atoms. The molecule has 0 saturated carbocycles. The quantitative estimate of drug-likeness (QED) is 0.0135. The lowest BCUT2D eigenvalue weighted by atomic mass is 10.00. The Labute approximate surface area is 633 Å². The van der Waals surface area contributed by atoms with Crippen molar-refractivity contribution >= 4 is 82.1 Å². The lowest BCUT2D eigenvalue weighted by Gasteiger charge is -2.31. The minimum Gasteiger partial charge on any atom is -0.488 e. The third-order valence-corrected chi connectivity index (χ3v) is 17.2. The standard InChI is InChI=1S/C80H111N11O17/c1-17-18-20-29-58(71(98)85-60(70(97)83-47-68(95)104-16)44-53-48-91(76(103)108-80(11,12)13)62-30-24-23-28-56(53)62)84-72(99)59(42-52-34-38-55(39-35-52)106-78(5,6)7)86-73(100)64(43-50-26-21-19-22-27-50)89(15)66(93)46-82-65(92)49-88(14)75(102)63-31-25-40-90(63)74(101)61(45-67(94)107-79(8,9)10)87-69(96)57(81)41-51-32-36-54(37-33-51)105-77(2,3)4/h19,21-24,26-28,30,32-39,48,57-61,63-64H,17-18,20,25,29,31,40-47,49,81H2,1-16H3,(H,82,92)(H,83,97)(H,84,99)(H,85,98)(H,86,100)(H,87,96)/t57-,58-,59-,60-,61-,63+,64-/m0/s1. The molecule has 0 unspecified atom stereocenters. The lowest BCUT2D eigenvalue weighted by molar-refractivity contribution is -0.158. The minimum atomic E-state index is -1.49. The van der Waals surface area contributed by atoms with Crippen molar-refractivity contribution < 1.29 is 81.2 Å². The van der Waals surface area contributed by atoms with Crippen LogP contribution in [0.1, 0.15) is 157 Å². The summed E-state index contributed by atoms with van der Waals surface area (Å²) in [6.45, 7) is 21.8. The maximum Gasteiger partial charge on any atom is 0.419 e. The molecular formula is C80H111N11O17. The Morgan fingerprint density at radius 3 is 1.68 bits per heavy atom. The Balaban J connectivity index is 1.21. The highest BCUT2D eigenvalue weighted by Gasteiger charge is 2.42. The first-order valence-corrected chi connectivity index (χ1v) is 36.6. The van der Waals surface area contributed by atoms with Gasteiger partial charge in [0, 0.05) is 51.5 Å². The number of rotatable bonds is 34. The van der Waals surface area contributed by atoms with Crippen molar-refractivity contribution in [3.8, 4) is 11.5 Å². The van der Waals surface area contributed by atoms with E-state index in [4.69, 9.17) is 29.4 Å². The molecule has 6 rings (SSSR count). The number of carbonyl (C=O) groups excluding carboxylic acids is 12. The van der Waals surface area contributed by atoms with Gasteiger partial charge in [-0.3, -0.25) is 57.3 Å². The zero-order valence-electron chi connectivity index (χ0n) is 65.3. The van der Waals surface area contributed by atoms with Gasteiger partial charge in [-0.25, -0.2) is 4.79 Å². The molecule has 5 aromatic rings. The summed E-state index contributed by atoms with van der Waals surface area (Å²) in [6, 6.07) is 20.4. The van der Waals surface area contributed by atoms with Gasteiger partial charge in [-0.2, -0.15) is 0 Å². The number of likely N-dealkylation sites (tertiary alicyclic amines) is 1. The normalized spacial score (nSPS) is 14.8. The third-order valence-electron chi connectivity index (χ3n) is 17.2. The number of methoxy groups -OCH3 is 1. The predicted molar refractivity (Wildman–Crippen MR) is 406 cm³/mol. The Kier molecular flexibility index (Phi) is 31.2. The van der Waals surface area contributed by atoms with Gasteiger partial charge in [-0.05, 0) is 161 Å². The largest absolute Gasteiger partial charge is 0.488 e. The van der Waals surface area contributed by atoms with Gasteiger partial charge in [0.05, 0.1) is 38.2 Å². The van der Waals surface area contributed by atoms with Crippen LogP contribution in [-0.4, -0.2) is 203 Å². The summed E-state index contributed by atoms with van der Waals surface area (Å²) in [4.78, 5) is 173. The summed E-state index contributed by atoms with van der Waals surface area (Å²) in [5.41, 5.74) is 6.41. The average Bonchev–Trinajstić information content (AvgIpc) is 1.64. The second kappa shape index (κ2) is 38.9. The monoisotopic (exact) mass is 1500 g/mol. The molecule has 588 valence electrons. The van der Waals surface area contributed by atoms with E-state index in [-0.39, 0.29) is 45.1 Å². The van der Waals surface area contributed by atoms with Crippen LogP contribution in [0.15, 0.2) is 109 Å². The van der Waals surface area contributed by atoms with Gasteiger partial charge in [0.2, 0.25) is 53.2 Å². The number of nitrogens with one attached hydrogen (secondary N) is 6. The molecule has 0 radical (unpaired) electrons. The number of benzene rings is 4. The van der Waals surface area contributed by atoms with Gasteiger partial charge in [-0.1, -0.05) is 99.0 Å². The number of nitrogens with zero attached hydrogens (tertiary/aromatic N) is 4. The molecule has 9 amide bonds. The second-order valence-electron chi connectivity index (χ2n) is 31.2. The molecule has 1 aromatic heterocycles. The molecule has 1 aliphatic rings. The van der Waals surface area contributed by atoms with Gasteiger partial charge in [0.15, 0.2) is 0 Å². The van der Waals surface area contributed by atoms with Crippen LogP contribution >= 0.6 is 0 Å². The number of fused-ring (bicyclic) bond motifs is 1. The van der Waals surface area contributed by atoms with Crippen molar-refractivity contribution in [1.29, 1.82) is 0 Å². The zero-order valence-corrected chi connectivity index (χ0v) is 65.3. The first-order valence-electron chi connectivity index (χ1n) is 36.6. The third kappa shape index (κ3) is 27.8. The fourth-order valence-electron chi connectivity index (χ4n) is 12.1. The Bertz CT molecular complexity index is 3950. The highest BCUT2D eigenvalue weighted by molar-refractivity contribution is 5.99. The van der Waals surface area contributed by atoms with Crippen molar-refractivity contribution in [2.45, 2.75) is 225 Å². The zero-order chi connectivity index (χ0) is 80.0. The highest BCUT2D eigenvalue weighted by atomic mass is 16.6. The lowest BCUT2D eigenvalue weighted by Crippen LogP contribution is -2.59. The number of aromatic nitrogens is 1. The molecule has 8 N–H and O–H groups in total. The number of hydrogen-bond acceptors (Lipinski definition) is 18. The van der Waals surface area contributed by atoms with Crippen LogP contribution in [0.3, 0.4) is 0 Å². The first-order chi connectivity index (χ1) is 50.6. The van der Waals surface area contributed by atoms with Crippen LogP contribution in [0.5, 0.6) is 11.5 Å². The van der Waals surface area contributed by atoms with Crippen LogP contribution in [0, 0.1) is 0 Å². The molecule has 2 heterocycles. The molecule has 0 aliphatic carbocycles. The SMILES string of the molecule is CCCCC[C@H](NC(=O)[C@H](Cc1ccc(OC(C)(C)C)cc1)NC(=O)[C@H](Cc1ccccc1)N(C)C(=O)CNC(=O)CN(C)C(=O)[C@H]1CCCN1C(=O)[C@H](CC(=O)OC(C)(C)C)NC(=O)[C@@H](N)Cc1ccc(OC(C)(C)C)cc1)C(=O)N[C@@H](Cc1cn(C(=O)OC(C)(C)C)c2ccccc12)C(=O)NCC(=O)OC. The fraction of sp³-hybridized carbons (Fsp3) is 0.525. The van der Waals surface area contributed by atoms with E-state index < -0.39 is 162 Å². The Morgan fingerprint density at radius 1 is 0.556 bits per heavy atom. The Morgan fingerprint density at radius 2 is 1.09 bits per heavy atom. The van der Waals surface area contributed by atoms with E-state index in [0.29, 0.717) is 63.9 Å². The summed E-state index contributed by atoms with van der Waals surface area (Å²) in [7, 11) is 3.86. The van der Waals surface area contributed by atoms with E-state index in [0.717, 1.165) is 23.3 Å². The van der Waals surface area contributed by atoms with E-state index in [9.17, 15) is 47.9 Å². The summed E-state index contributed by atoms with van der Waals surface area (Å²) in [6.07, 6.45) is 2.31. The molecular weight excluding hydrogens is 1390 g/mol. The van der Waals surface area contributed by atoms with E-state index in [2.05, 4.69) is 31.9 Å². The number of nitrogens with two attached hydrogens (primary N) is 1. The van der Waals surface area contributed by atoms with Gasteiger partial charge in [0.25, 0.3) is 0 Å². The predicted octanol–water partition coefficient (Wildman–Crippen LogP) is 6.31. The van der Waals surface area contributed by atoms with Crippen molar-refractivity contribution in [3.05, 3.63) is 132 Å². The topological polar surface area (TPSA) is 364 Å². The number of para-hydroxylation sites is 1. The Hall–Kier alpha value is -10.4. The molecule has 28 heteroatoms. The fourth-order valence-corrected chi connectivity index (χ4v) is 12.1. The summed E-state index contributed by atoms with van der Waals surface area (Å²) in [5, 5.41) is 16.8. The van der Waals surface area contributed by atoms with Crippen molar-refractivity contribution in [2.75, 3.05) is 47.4 Å². The maximum atomic E-state index is 15.2. The molecule has 28 nitrogen and oxygen atoms in total. The van der Waals surface area contributed by atoms with Crippen LogP contribution in [0.2, 0.25) is 0 Å². The average molecular weight is 1500 g/mol. The first kappa shape index (κ1) is 86.5. The number of carbonyl (C=O) groups is 12. The van der Waals surface area contributed by atoms with E-state index in [1.165, 1.54) is 29.8 Å². The van der Waals surface area contributed by atoms with Crippen LogP contribution in [0.25, 0.3) is 10.9 Å². The number of hydrogen-bond donors (Lipinski definition) is 7. The summed E-state index contributed by atoms with van der Waals surface area (Å²) >= 11 is 0. The van der Waals surface area contributed by atoms with E-state index in [1.54, 1.807) is 145 Å². The van der Waals surface area contributed by atoms with Gasteiger partial charge in [0.1, 0.15) is 76.7 Å². The molecule has 0 bridgehead atoms. The molecule has 1 aliphatic heterocycles. The minimum absolute atomic E-state index is 0.0726. The van der Waals surface area contributed by atoms with Crippen LogP contribution < -0.4 is 47.1 Å². The van der Waals surface area contributed by atoms with Crippen LogP contribution in [-0.2, 0) is 92.6 Å². The van der Waals surface area contributed by atoms with Gasteiger partial charge < -0.3 is 76.0 Å². The number of likely N-dealkylation sites (N-methyl/N-ethyl adjacent to an activating group) is 2. The highest BCUT2D eigenvalue weighted by Crippen LogP contribution is 2.27. The van der Waals surface area contributed by atoms with E-state index >= 15 is 9.59 Å². The van der Waals surface area contributed by atoms with Gasteiger partial charge in [-0.15, -0.1) is 0 Å². The smallest absolute Gasteiger partial charge is 0.419 e. The molecule has 1 saturated heterocycles. The number of ether oxygens (including phenoxy) is 5. The summed E-state index contributed by atoms with van der Waals surface area (Å²) < 4.78 is 29.3. The van der Waals surface area contributed by atoms with Crippen molar-refractivity contribution in [1.82, 2.24) is 51.2 Å². The number of unbranched alkanes of at least 4 members (excludes halogenated alkanes) is 2. The summed E-state index contributed by atoms with van der Waals surface area (Å²) in [5.74, 6) is -7.21. The van der Waals surface area contributed by atoms with Crippen molar-refractivity contribution in [2.24, 2.45) is 5.73 Å². The van der Waals surface area contributed by atoms with E-state index in [1.807, 2.05) is 48.5 Å². The molecule has 1 fully saturated rings. The second-order valence-corrected chi connectivity index (χ2v) is 31.2. The number of amides is 9.